The maximum absolute atomic E-state index is 3.48. The second-order valence-electron chi connectivity index (χ2n) is 6.21. The molecule has 106 valence electrons. The minimum Gasteiger partial charge on any atom is -0.361 e. The van der Waals surface area contributed by atoms with E-state index in [0.29, 0.717) is 6.04 Å². The molecule has 20 heavy (non-hydrogen) atoms. The molecule has 2 heterocycles. The lowest BCUT2D eigenvalue weighted by molar-refractivity contribution is 0.0846. The van der Waals surface area contributed by atoms with E-state index in [4.69, 9.17) is 0 Å². The highest BCUT2D eigenvalue weighted by molar-refractivity contribution is 5.83. The van der Waals surface area contributed by atoms with Crippen LogP contribution in [-0.4, -0.2) is 36.1 Å². The third-order valence-electron chi connectivity index (χ3n) is 5.08. The number of hydrogen-bond donors (Lipinski definition) is 2. The molecule has 2 aliphatic rings. The van der Waals surface area contributed by atoms with Gasteiger partial charge in [0.1, 0.15) is 0 Å². The van der Waals surface area contributed by atoms with Crippen molar-refractivity contribution in [3.8, 4) is 0 Å². The van der Waals surface area contributed by atoms with Gasteiger partial charge in [-0.3, -0.25) is 4.90 Å². The van der Waals surface area contributed by atoms with Gasteiger partial charge in [0.15, 0.2) is 0 Å². The zero-order valence-corrected chi connectivity index (χ0v) is 11.9. The summed E-state index contributed by atoms with van der Waals surface area (Å²) < 4.78 is 0. The molecule has 1 aromatic carbocycles. The van der Waals surface area contributed by atoms with Gasteiger partial charge in [-0.25, -0.2) is 0 Å². The van der Waals surface area contributed by atoms with Gasteiger partial charge in [-0.2, -0.15) is 0 Å². The van der Waals surface area contributed by atoms with Crippen molar-refractivity contribution in [3.05, 3.63) is 36.0 Å². The second-order valence-corrected chi connectivity index (χ2v) is 6.21. The number of piperazine rings is 1. The number of para-hydroxylation sites is 1. The van der Waals surface area contributed by atoms with Gasteiger partial charge in [-0.05, 0) is 30.4 Å². The number of aromatic amines is 1. The average Bonchev–Trinajstić information content (AvgIpc) is 2.87. The van der Waals surface area contributed by atoms with Crippen molar-refractivity contribution in [2.75, 3.05) is 26.2 Å². The summed E-state index contributed by atoms with van der Waals surface area (Å²) in [6.45, 7) is 4.62. The van der Waals surface area contributed by atoms with Gasteiger partial charge < -0.3 is 10.3 Å². The molecule has 1 atom stereocenters. The molecule has 1 aromatic heterocycles. The van der Waals surface area contributed by atoms with Gasteiger partial charge >= 0.3 is 0 Å². The zero-order chi connectivity index (χ0) is 13.4. The molecule has 1 saturated heterocycles. The van der Waals surface area contributed by atoms with E-state index in [1.54, 1.807) is 0 Å². The molecule has 1 aliphatic heterocycles. The second kappa shape index (κ2) is 5.23. The Hall–Kier alpha value is -1.32. The number of fused-ring (bicyclic) bond motifs is 1. The molecule has 0 spiro atoms. The summed E-state index contributed by atoms with van der Waals surface area (Å²) in [5.74, 6) is 0.854. The quantitative estimate of drug-likeness (QED) is 0.897. The van der Waals surface area contributed by atoms with Crippen LogP contribution in [0.1, 0.15) is 30.9 Å². The van der Waals surface area contributed by atoms with Crippen molar-refractivity contribution in [3.63, 3.8) is 0 Å². The number of H-pyrrole nitrogens is 1. The van der Waals surface area contributed by atoms with Crippen molar-refractivity contribution in [2.24, 2.45) is 5.92 Å². The Morgan fingerprint density at radius 1 is 1.10 bits per heavy atom. The fourth-order valence-corrected chi connectivity index (χ4v) is 3.80. The summed E-state index contributed by atoms with van der Waals surface area (Å²) in [6, 6.07) is 9.35. The number of benzene rings is 1. The summed E-state index contributed by atoms with van der Waals surface area (Å²) in [7, 11) is 0. The minimum absolute atomic E-state index is 0.613. The first kappa shape index (κ1) is 12.4. The highest BCUT2D eigenvalue weighted by Gasteiger charge is 2.34. The highest BCUT2D eigenvalue weighted by atomic mass is 15.2. The molecule has 0 bridgehead atoms. The van der Waals surface area contributed by atoms with Gasteiger partial charge in [0.25, 0.3) is 0 Å². The monoisotopic (exact) mass is 269 g/mol. The van der Waals surface area contributed by atoms with Crippen LogP contribution in [0, 0.1) is 5.92 Å². The Labute approximate surface area is 120 Å². The Kier molecular flexibility index (Phi) is 3.25. The van der Waals surface area contributed by atoms with Crippen molar-refractivity contribution >= 4 is 10.9 Å². The molecule has 0 amide bonds. The highest BCUT2D eigenvalue weighted by Crippen LogP contribution is 2.43. The largest absolute Gasteiger partial charge is 0.361 e. The number of rotatable bonds is 3. The summed E-state index contributed by atoms with van der Waals surface area (Å²) >= 11 is 0. The van der Waals surface area contributed by atoms with Crippen molar-refractivity contribution < 1.29 is 0 Å². The lowest BCUT2D eigenvalue weighted by atomic mass is 9.76. The number of hydrogen-bond acceptors (Lipinski definition) is 2. The molecule has 2 aromatic rings. The van der Waals surface area contributed by atoms with Gasteiger partial charge in [0, 0.05) is 49.3 Å². The average molecular weight is 269 g/mol. The van der Waals surface area contributed by atoms with E-state index in [9.17, 15) is 0 Å². The molecular weight excluding hydrogens is 246 g/mol. The maximum Gasteiger partial charge on any atom is 0.0457 e. The van der Waals surface area contributed by atoms with Gasteiger partial charge in [0.2, 0.25) is 0 Å². The topological polar surface area (TPSA) is 31.1 Å². The van der Waals surface area contributed by atoms with E-state index in [1.165, 1.54) is 48.8 Å². The number of aromatic nitrogens is 1. The van der Waals surface area contributed by atoms with Crippen molar-refractivity contribution in [2.45, 2.75) is 25.3 Å². The molecular formula is C17H23N3. The van der Waals surface area contributed by atoms with Crippen LogP contribution in [0.4, 0.5) is 0 Å². The van der Waals surface area contributed by atoms with Crippen LogP contribution in [0.5, 0.6) is 0 Å². The Morgan fingerprint density at radius 2 is 1.90 bits per heavy atom. The normalized spacial score (nSPS) is 22.8. The summed E-state index contributed by atoms with van der Waals surface area (Å²) in [5.41, 5.74) is 2.80. The molecule has 0 radical (unpaired) electrons. The summed E-state index contributed by atoms with van der Waals surface area (Å²) in [6.07, 6.45) is 6.47. The van der Waals surface area contributed by atoms with Crippen molar-refractivity contribution in [1.29, 1.82) is 0 Å². The maximum atomic E-state index is 3.48. The molecule has 1 saturated carbocycles. The van der Waals surface area contributed by atoms with Gasteiger partial charge in [-0.15, -0.1) is 0 Å². The van der Waals surface area contributed by atoms with E-state index in [1.807, 2.05) is 0 Å². The van der Waals surface area contributed by atoms with Crippen LogP contribution < -0.4 is 5.32 Å². The van der Waals surface area contributed by atoms with Crippen LogP contribution in [-0.2, 0) is 0 Å². The first-order valence-corrected chi connectivity index (χ1v) is 7.94. The SMILES string of the molecule is c1ccc2c(C(C3CCC3)N3CCNCC3)c[nH]c2c1. The molecule has 2 N–H and O–H groups in total. The zero-order valence-electron chi connectivity index (χ0n) is 11.9. The van der Waals surface area contributed by atoms with Crippen LogP contribution >= 0.6 is 0 Å². The van der Waals surface area contributed by atoms with E-state index in [-0.39, 0.29) is 0 Å². The molecule has 3 heteroatoms. The van der Waals surface area contributed by atoms with Crippen LogP contribution in [0.15, 0.2) is 30.5 Å². The van der Waals surface area contributed by atoms with Gasteiger partial charge in [-0.1, -0.05) is 24.6 Å². The number of nitrogens with one attached hydrogen (secondary N) is 2. The predicted octanol–water partition coefficient (Wildman–Crippen LogP) is 2.91. The van der Waals surface area contributed by atoms with Crippen LogP contribution in [0.25, 0.3) is 10.9 Å². The first-order chi connectivity index (χ1) is 9.93. The fraction of sp³-hybridized carbons (Fsp3) is 0.529. The molecule has 2 fully saturated rings. The Bertz CT molecular complexity index is 579. The molecule has 3 nitrogen and oxygen atoms in total. The Morgan fingerprint density at radius 3 is 2.65 bits per heavy atom. The lowest BCUT2D eigenvalue weighted by Gasteiger charge is -2.43. The Balaban J connectivity index is 1.73. The fourth-order valence-electron chi connectivity index (χ4n) is 3.80. The smallest absolute Gasteiger partial charge is 0.0457 e. The standard InChI is InChI=1S/C17H23N3/c1-2-7-16-14(6-1)15(12-19-16)17(13-4-3-5-13)20-10-8-18-9-11-20/h1-2,6-7,12-13,17-19H,3-5,8-11H2. The van der Waals surface area contributed by atoms with Gasteiger partial charge in [0.05, 0.1) is 0 Å². The molecule has 1 unspecified atom stereocenters. The van der Waals surface area contributed by atoms with Crippen molar-refractivity contribution in [1.82, 2.24) is 15.2 Å². The molecule has 4 rings (SSSR count). The minimum atomic E-state index is 0.613. The summed E-state index contributed by atoms with van der Waals surface area (Å²) in [5, 5.41) is 4.90. The van der Waals surface area contributed by atoms with E-state index in [0.717, 1.165) is 19.0 Å². The van der Waals surface area contributed by atoms with E-state index < -0.39 is 0 Å². The van der Waals surface area contributed by atoms with Crippen LogP contribution in [0.2, 0.25) is 0 Å². The number of nitrogens with zero attached hydrogens (tertiary/aromatic N) is 1. The van der Waals surface area contributed by atoms with Crippen LogP contribution in [0.3, 0.4) is 0 Å². The van der Waals surface area contributed by atoms with E-state index in [2.05, 4.69) is 45.7 Å². The summed E-state index contributed by atoms with van der Waals surface area (Å²) in [4.78, 5) is 6.17. The first-order valence-electron chi connectivity index (χ1n) is 7.94. The predicted molar refractivity (Wildman–Crippen MR) is 82.8 cm³/mol. The third-order valence-corrected chi connectivity index (χ3v) is 5.08. The third kappa shape index (κ3) is 2.05. The van der Waals surface area contributed by atoms with E-state index >= 15 is 0 Å². The molecule has 1 aliphatic carbocycles. The lowest BCUT2D eigenvalue weighted by Crippen LogP contribution is -2.47.